The Morgan fingerprint density at radius 3 is 2.85 bits per heavy atom. The Balaban J connectivity index is 1.98. The minimum absolute atomic E-state index is 0.0774. The number of nitro groups is 1. The molecule has 2 aliphatic heterocycles. The molecule has 3 rings (SSSR count). The van der Waals surface area contributed by atoms with Crippen LogP contribution in [0.1, 0.15) is 38.8 Å². The van der Waals surface area contributed by atoms with Gasteiger partial charge in [-0.2, -0.15) is 5.10 Å². The van der Waals surface area contributed by atoms with Crippen LogP contribution in [0, 0.1) is 16.0 Å². The second-order valence-corrected chi connectivity index (χ2v) is 6.95. The molecule has 1 fully saturated rings. The Morgan fingerprint density at radius 1 is 1.46 bits per heavy atom. The largest absolute Gasteiger partial charge is 0.493 e. The minimum Gasteiger partial charge on any atom is -0.493 e. The molecule has 26 heavy (non-hydrogen) atoms. The first-order chi connectivity index (χ1) is 12.4. The second kappa shape index (κ2) is 7.49. The maximum atomic E-state index is 11.6. The first kappa shape index (κ1) is 18.4. The van der Waals surface area contributed by atoms with Crippen LogP contribution in [0.4, 0.5) is 5.69 Å². The molecule has 8 nitrogen and oxygen atoms in total. The van der Waals surface area contributed by atoms with Gasteiger partial charge in [-0.3, -0.25) is 10.1 Å². The number of piperidine rings is 1. The van der Waals surface area contributed by atoms with E-state index < -0.39 is 4.92 Å². The lowest BCUT2D eigenvalue weighted by molar-refractivity contribution is -0.386. The van der Waals surface area contributed by atoms with Gasteiger partial charge in [0, 0.05) is 37.2 Å². The van der Waals surface area contributed by atoms with Gasteiger partial charge in [0.2, 0.25) is 5.75 Å². The number of hydrogen-bond acceptors (Lipinski definition) is 7. The summed E-state index contributed by atoms with van der Waals surface area (Å²) in [6.07, 6.45) is 0.736. The van der Waals surface area contributed by atoms with E-state index in [9.17, 15) is 10.1 Å². The molecule has 1 saturated heterocycles. The molecule has 0 saturated carbocycles. The average molecular weight is 362 g/mol. The fraction of sp³-hybridized carbons (Fsp3) is 0.611. The quantitative estimate of drug-likeness (QED) is 0.618. The van der Waals surface area contributed by atoms with Crippen LogP contribution in [0.15, 0.2) is 17.2 Å². The topological polar surface area (TPSA) is 89.2 Å². The van der Waals surface area contributed by atoms with Gasteiger partial charge in [-0.15, -0.1) is 0 Å². The van der Waals surface area contributed by atoms with Gasteiger partial charge in [0.15, 0.2) is 5.75 Å². The van der Waals surface area contributed by atoms with Crippen molar-refractivity contribution < 1.29 is 14.4 Å². The maximum absolute atomic E-state index is 11.6. The molecule has 1 aromatic carbocycles. The van der Waals surface area contributed by atoms with Gasteiger partial charge < -0.3 is 19.8 Å². The molecule has 0 aromatic heterocycles. The van der Waals surface area contributed by atoms with Gasteiger partial charge >= 0.3 is 5.69 Å². The SMILES string of the molecule is CCN1CCC2=NNC(c3cc(OC)c(OC(C)C)c([N+](=O)[O-])c3)C2C1. The van der Waals surface area contributed by atoms with E-state index in [-0.39, 0.29) is 29.5 Å². The highest BCUT2D eigenvalue weighted by Crippen LogP contribution is 2.43. The summed E-state index contributed by atoms with van der Waals surface area (Å²) in [5, 5.41) is 16.1. The molecule has 2 heterocycles. The van der Waals surface area contributed by atoms with Crippen molar-refractivity contribution in [1.82, 2.24) is 10.3 Å². The molecule has 0 spiro atoms. The zero-order valence-electron chi connectivity index (χ0n) is 15.7. The highest BCUT2D eigenvalue weighted by Gasteiger charge is 2.38. The van der Waals surface area contributed by atoms with Gasteiger partial charge in [0.1, 0.15) is 0 Å². The third-order valence-electron chi connectivity index (χ3n) is 4.95. The van der Waals surface area contributed by atoms with Crippen LogP contribution in [-0.2, 0) is 0 Å². The van der Waals surface area contributed by atoms with Gasteiger partial charge in [-0.25, -0.2) is 0 Å². The number of hydrogen-bond donors (Lipinski definition) is 1. The minimum atomic E-state index is -0.417. The summed E-state index contributed by atoms with van der Waals surface area (Å²) in [4.78, 5) is 13.6. The van der Waals surface area contributed by atoms with Crippen molar-refractivity contribution >= 4 is 11.4 Å². The van der Waals surface area contributed by atoms with E-state index in [0.717, 1.165) is 37.3 Å². The summed E-state index contributed by atoms with van der Waals surface area (Å²) in [5.74, 6) is 0.764. The predicted octanol–water partition coefficient (Wildman–Crippen LogP) is 2.73. The third-order valence-corrected chi connectivity index (χ3v) is 4.95. The molecule has 1 N–H and O–H groups in total. The van der Waals surface area contributed by atoms with Crippen molar-refractivity contribution in [3.05, 3.63) is 27.8 Å². The second-order valence-electron chi connectivity index (χ2n) is 6.95. The standard InChI is InChI=1S/C18H26N4O4/c1-5-21-7-6-14-13(10-21)17(20-19-14)12-8-15(22(23)24)18(26-11(2)3)16(9-12)25-4/h8-9,11,13,17,20H,5-7,10H2,1-4H3. The van der Waals surface area contributed by atoms with E-state index in [2.05, 4.69) is 22.4 Å². The molecule has 8 heteroatoms. The molecule has 1 aromatic rings. The van der Waals surface area contributed by atoms with Crippen LogP contribution in [-0.4, -0.2) is 48.4 Å². The number of nitro benzene ring substituents is 1. The van der Waals surface area contributed by atoms with E-state index in [4.69, 9.17) is 9.47 Å². The maximum Gasteiger partial charge on any atom is 0.315 e. The molecular formula is C18H26N4O4. The number of fused-ring (bicyclic) bond motifs is 1. The third kappa shape index (κ3) is 3.46. The number of nitrogens with one attached hydrogen (secondary N) is 1. The van der Waals surface area contributed by atoms with E-state index >= 15 is 0 Å². The summed E-state index contributed by atoms with van der Waals surface area (Å²) < 4.78 is 11.1. The van der Waals surface area contributed by atoms with Gasteiger partial charge in [-0.1, -0.05) is 6.92 Å². The summed E-state index contributed by atoms with van der Waals surface area (Å²) >= 11 is 0. The number of methoxy groups -OCH3 is 1. The molecule has 0 bridgehead atoms. The van der Waals surface area contributed by atoms with Crippen molar-refractivity contribution in [2.75, 3.05) is 26.7 Å². The number of likely N-dealkylation sites (tertiary alicyclic amines) is 1. The van der Waals surface area contributed by atoms with Crippen molar-refractivity contribution in [1.29, 1.82) is 0 Å². The van der Waals surface area contributed by atoms with Gasteiger partial charge in [0.25, 0.3) is 0 Å². The predicted molar refractivity (Wildman–Crippen MR) is 98.9 cm³/mol. The van der Waals surface area contributed by atoms with Crippen molar-refractivity contribution in [2.45, 2.75) is 39.3 Å². The summed E-state index contributed by atoms with van der Waals surface area (Å²) in [6, 6.07) is 3.31. The number of rotatable bonds is 6. The first-order valence-electron chi connectivity index (χ1n) is 9.01. The molecule has 2 aliphatic rings. The van der Waals surface area contributed by atoms with E-state index in [0.29, 0.717) is 5.75 Å². The van der Waals surface area contributed by atoms with Gasteiger partial charge in [-0.05, 0) is 32.0 Å². The Hall–Kier alpha value is -2.35. The van der Waals surface area contributed by atoms with Crippen molar-refractivity contribution in [2.24, 2.45) is 11.0 Å². The van der Waals surface area contributed by atoms with Crippen LogP contribution in [0.25, 0.3) is 0 Å². The van der Waals surface area contributed by atoms with E-state index in [1.54, 1.807) is 6.07 Å². The summed E-state index contributed by atoms with van der Waals surface area (Å²) in [6.45, 7) is 8.69. The Labute approximate surface area is 153 Å². The number of ether oxygens (including phenoxy) is 2. The molecule has 0 aliphatic carbocycles. The molecule has 2 unspecified atom stereocenters. The van der Waals surface area contributed by atoms with Crippen molar-refractivity contribution in [3.63, 3.8) is 0 Å². The lowest BCUT2D eigenvalue weighted by Gasteiger charge is -2.32. The molecule has 0 amide bonds. The van der Waals surface area contributed by atoms with Crippen LogP contribution in [0.2, 0.25) is 0 Å². The highest BCUT2D eigenvalue weighted by molar-refractivity contribution is 5.90. The smallest absolute Gasteiger partial charge is 0.315 e. The molecule has 2 atom stereocenters. The van der Waals surface area contributed by atoms with Crippen LogP contribution >= 0.6 is 0 Å². The fourth-order valence-electron chi connectivity index (χ4n) is 3.64. The first-order valence-corrected chi connectivity index (χ1v) is 9.01. The molecular weight excluding hydrogens is 336 g/mol. The Bertz CT molecular complexity index is 719. The Morgan fingerprint density at radius 2 is 2.23 bits per heavy atom. The normalized spacial score (nSPS) is 22.6. The lowest BCUT2D eigenvalue weighted by atomic mass is 9.86. The summed E-state index contributed by atoms with van der Waals surface area (Å²) in [5.41, 5.74) is 5.04. The number of hydrazone groups is 1. The zero-order chi connectivity index (χ0) is 18.8. The van der Waals surface area contributed by atoms with Crippen molar-refractivity contribution in [3.8, 4) is 11.5 Å². The highest BCUT2D eigenvalue weighted by atomic mass is 16.6. The average Bonchev–Trinajstić information content (AvgIpc) is 3.04. The van der Waals surface area contributed by atoms with E-state index in [1.807, 2.05) is 19.9 Å². The summed E-state index contributed by atoms with van der Waals surface area (Å²) in [7, 11) is 1.50. The molecule has 142 valence electrons. The zero-order valence-corrected chi connectivity index (χ0v) is 15.7. The number of nitrogens with zero attached hydrogens (tertiary/aromatic N) is 3. The fourth-order valence-corrected chi connectivity index (χ4v) is 3.64. The van der Waals surface area contributed by atoms with Gasteiger partial charge in [0.05, 0.1) is 24.2 Å². The van der Waals surface area contributed by atoms with Crippen LogP contribution in [0.3, 0.4) is 0 Å². The van der Waals surface area contributed by atoms with Crippen LogP contribution < -0.4 is 14.9 Å². The van der Waals surface area contributed by atoms with Crippen LogP contribution in [0.5, 0.6) is 11.5 Å². The molecule has 0 radical (unpaired) electrons. The number of benzene rings is 1. The Kier molecular flexibility index (Phi) is 5.31. The lowest BCUT2D eigenvalue weighted by Crippen LogP contribution is -2.41. The monoisotopic (exact) mass is 362 g/mol. The van der Waals surface area contributed by atoms with E-state index in [1.165, 1.54) is 7.11 Å².